The van der Waals surface area contributed by atoms with E-state index in [1.54, 1.807) is 0 Å². The highest BCUT2D eigenvalue weighted by Gasteiger charge is 2.89. The fourth-order valence-electron chi connectivity index (χ4n) is 2.28. The van der Waals surface area contributed by atoms with E-state index in [4.69, 9.17) is 0 Å². The fourth-order valence-corrected chi connectivity index (χ4v) is 2.28. The number of hydrogen-bond donors (Lipinski definition) is 0. The Balaban J connectivity index is 5.72. The van der Waals surface area contributed by atoms with E-state index in [2.05, 4.69) is 9.47 Å². The number of carbonyl (C=O) groups is 2. The highest BCUT2D eigenvalue weighted by atomic mass is 19.4. The smallest absolute Gasteiger partial charge is 0.384 e. The van der Waals surface area contributed by atoms with Gasteiger partial charge >= 0.3 is 84.0 Å². The monoisotopic (exact) mass is 744 g/mol. The van der Waals surface area contributed by atoms with Crippen LogP contribution in [-0.4, -0.2) is 97.2 Å². The first-order valence-corrected chi connectivity index (χ1v) is 10.2. The number of rotatable bonds is 16. The maximum absolute atomic E-state index is 13.5. The summed E-state index contributed by atoms with van der Waals surface area (Å²) in [6, 6.07) is 0. The average Bonchev–Trinajstić information content (AvgIpc) is 2.88. The van der Waals surface area contributed by atoms with Gasteiger partial charge in [-0.15, -0.1) is 0 Å². The van der Waals surface area contributed by atoms with E-state index >= 15 is 0 Å². The molecule has 0 atom stereocenters. The summed E-state index contributed by atoms with van der Waals surface area (Å²) >= 11 is 0. The van der Waals surface area contributed by atoms with E-state index in [0.717, 1.165) is 0 Å². The molecule has 4 nitrogen and oxygen atoms in total. The molecule has 0 aromatic heterocycles. The first-order chi connectivity index (χ1) is 19.9. The molecule has 0 aliphatic carbocycles. The van der Waals surface area contributed by atoms with Crippen LogP contribution in [0.4, 0.5) is 105 Å². The van der Waals surface area contributed by atoms with E-state index in [0.29, 0.717) is 0 Å². The standard InChI is InChI=1S/C18H8F24O4/c19-7(20)11(27,28)15(35,36)17(39,40)13(31,32)9(23,24)3-45-5(43)1-2-6(44)46-4-10(25,26)14(33,34)18(41,42)16(37,38)12(29,30)8(21)22/h1-2,7-8H,3-4H2/b2-1+. The second kappa shape index (κ2) is 12.6. The lowest BCUT2D eigenvalue weighted by Gasteiger charge is -2.38. The quantitative estimate of drug-likeness (QED) is 0.0934. The zero-order valence-corrected chi connectivity index (χ0v) is 20.4. The third-order valence-corrected chi connectivity index (χ3v) is 5.03. The largest absolute Gasteiger partial charge is 0.456 e. The van der Waals surface area contributed by atoms with Crippen LogP contribution in [0.25, 0.3) is 0 Å². The number of ether oxygens (including phenoxy) is 2. The van der Waals surface area contributed by atoms with Crippen molar-refractivity contribution in [2.45, 2.75) is 72.1 Å². The Hall–Kier alpha value is -3.00. The molecule has 0 saturated carbocycles. The lowest BCUT2D eigenvalue weighted by molar-refractivity contribution is -0.414. The molecular formula is C18H8F24O4. The van der Waals surface area contributed by atoms with Crippen molar-refractivity contribution < 1.29 is 124 Å². The van der Waals surface area contributed by atoms with Crippen LogP contribution in [0.5, 0.6) is 0 Å². The Kier molecular flexibility index (Phi) is 11.7. The van der Waals surface area contributed by atoms with E-state index in [1.165, 1.54) is 0 Å². The number of halogens is 24. The molecule has 0 unspecified atom stereocenters. The van der Waals surface area contributed by atoms with Gasteiger partial charge in [0, 0.05) is 12.2 Å². The normalized spacial score (nSPS) is 15.6. The predicted octanol–water partition coefficient (Wildman–Crippen LogP) is 7.51. The number of esters is 2. The molecule has 0 aromatic carbocycles. The van der Waals surface area contributed by atoms with Crippen LogP contribution in [0.2, 0.25) is 0 Å². The molecule has 46 heavy (non-hydrogen) atoms. The first kappa shape index (κ1) is 43.0. The summed E-state index contributed by atoms with van der Waals surface area (Å²) in [7, 11) is 0. The molecule has 0 amide bonds. The van der Waals surface area contributed by atoms with Crippen molar-refractivity contribution in [3.63, 3.8) is 0 Å². The Bertz CT molecular complexity index is 1040. The third kappa shape index (κ3) is 6.83. The van der Waals surface area contributed by atoms with E-state index in [9.17, 15) is 115 Å². The molecule has 0 aliphatic heterocycles. The van der Waals surface area contributed by atoms with Crippen LogP contribution < -0.4 is 0 Å². The van der Waals surface area contributed by atoms with Gasteiger partial charge in [-0.25, -0.2) is 27.2 Å². The van der Waals surface area contributed by atoms with Gasteiger partial charge in [-0.1, -0.05) is 0 Å². The molecule has 28 heteroatoms. The lowest BCUT2D eigenvalue weighted by atomic mass is 9.94. The van der Waals surface area contributed by atoms with Gasteiger partial charge in [0.1, 0.15) is 0 Å². The van der Waals surface area contributed by atoms with Gasteiger partial charge in [-0.3, -0.25) is 0 Å². The van der Waals surface area contributed by atoms with Crippen LogP contribution in [-0.2, 0) is 19.1 Å². The molecule has 0 fully saturated rings. The average molecular weight is 744 g/mol. The van der Waals surface area contributed by atoms with Gasteiger partial charge in [0.15, 0.2) is 13.2 Å². The first-order valence-electron chi connectivity index (χ1n) is 10.2. The topological polar surface area (TPSA) is 52.6 Å². The Morgan fingerprint density at radius 2 is 0.630 bits per heavy atom. The van der Waals surface area contributed by atoms with Crippen molar-refractivity contribution in [1.82, 2.24) is 0 Å². The van der Waals surface area contributed by atoms with Gasteiger partial charge in [0.25, 0.3) is 0 Å². The number of carbonyl (C=O) groups excluding carboxylic acids is 2. The van der Waals surface area contributed by atoms with Gasteiger partial charge in [-0.05, 0) is 0 Å². The molecule has 0 bridgehead atoms. The SMILES string of the molecule is O=C(/C=C/C(=O)OCC(F)(F)C(F)(F)C(F)(F)C(F)(F)C(F)(F)C(F)F)OCC(F)(F)C(F)(F)C(F)(F)C(F)(F)C(F)(F)C(F)F. The maximum atomic E-state index is 13.5. The minimum atomic E-state index is -8.06. The molecule has 0 N–H and O–H groups in total. The third-order valence-electron chi connectivity index (χ3n) is 5.03. The van der Waals surface area contributed by atoms with Gasteiger partial charge in [-0.2, -0.15) is 87.8 Å². The Morgan fingerprint density at radius 1 is 0.413 bits per heavy atom. The highest BCUT2D eigenvalue weighted by Crippen LogP contribution is 2.59. The highest BCUT2D eigenvalue weighted by molar-refractivity contribution is 5.91. The molecular weight excluding hydrogens is 736 g/mol. The summed E-state index contributed by atoms with van der Waals surface area (Å²) in [6.45, 7) is -7.14. The molecule has 0 saturated heterocycles. The van der Waals surface area contributed by atoms with Crippen molar-refractivity contribution >= 4 is 11.9 Å². The molecule has 0 rings (SSSR count). The minimum absolute atomic E-state index is 0.809. The van der Waals surface area contributed by atoms with E-state index < -0.39 is 109 Å². The summed E-state index contributed by atoms with van der Waals surface area (Å²) in [5.41, 5.74) is 0. The second-order valence-electron chi connectivity index (χ2n) is 8.25. The molecule has 0 aliphatic rings. The van der Waals surface area contributed by atoms with E-state index in [-0.39, 0.29) is 0 Å². The summed E-state index contributed by atoms with van der Waals surface area (Å²) in [6.07, 6.45) is -13.3. The molecule has 0 radical (unpaired) electrons. The summed E-state index contributed by atoms with van der Waals surface area (Å²) in [4.78, 5) is 22.3. The fraction of sp³-hybridized carbons (Fsp3) is 0.778. The molecule has 272 valence electrons. The van der Waals surface area contributed by atoms with Crippen molar-refractivity contribution in [3.8, 4) is 0 Å². The van der Waals surface area contributed by atoms with Crippen LogP contribution >= 0.6 is 0 Å². The van der Waals surface area contributed by atoms with Crippen molar-refractivity contribution in [2.75, 3.05) is 13.2 Å². The van der Waals surface area contributed by atoms with Gasteiger partial charge in [0.05, 0.1) is 0 Å². The summed E-state index contributed by atoms with van der Waals surface area (Å²) in [5.74, 6) is -81.6. The molecule has 0 heterocycles. The lowest BCUT2D eigenvalue weighted by Crippen LogP contribution is -2.69. The predicted molar refractivity (Wildman–Crippen MR) is 92.5 cm³/mol. The van der Waals surface area contributed by atoms with Gasteiger partial charge < -0.3 is 9.47 Å². The summed E-state index contributed by atoms with van der Waals surface area (Å²) in [5, 5.41) is 0. The second-order valence-corrected chi connectivity index (χ2v) is 8.25. The van der Waals surface area contributed by atoms with Crippen LogP contribution in [0.15, 0.2) is 12.2 Å². The van der Waals surface area contributed by atoms with Crippen LogP contribution in [0.3, 0.4) is 0 Å². The Morgan fingerprint density at radius 3 is 0.826 bits per heavy atom. The summed E-state index contributed by atoms with van der Waals surface area (Å²) < 4.78 is 318. The maximum Gasteiger partial charge on any atom is 0.384 e. The van der Waals surface area contributed by atoms with Crippen molar-refractivity contribution in [3.05, 3.63) is 12.2 Å². The van der Waals surface area contributed by atoms with Crippen LogP contribution in [0.1, 0.15) is 0 Å². The van der Waals surface area contributed by atoms with E-state index in [1.807, 2.05) is 0 Å². The van der Waals surface area contributed by atoms with Crippen LogP contribution in [0, 0.1) is 0 Å². The number of hydrogen-bond acceptors (Lipinski definition) is 4. The number of alkyl halides is 24. The van der Waals surface area contributed by atoms with Crippen molar-refractivity contribution in [2.24, 2.45) is 0 Å². The minimum Gasteiger partial charge on any atom is -0.456 e. The Labute approximate surface area is 235 Å². The zero-order valence-electron chi connectivity index (χ0n) is 20.4. The molecule has 0 spiro atoms. The zero-order chi connectivity index (χ0) is 37.6. The van der Waals surface area contributed by atoms with Gasteiger partial charge in [0.2, 0.25) is 0 Å². The molecule has 0 aromatic rings. The van der Waals surface area contributed by atoms with Crippen molar-refractivity contribution in [1.29, 1.82) is 0 Å².